The van der Waals surface area contributed by atoms with Crippen LogP contribution in [0.2, 0.25) is 0 Å². The van der Waals surface area contributed by atoms with Gasteiger partial charge in [0.25, 0.3) is 5.91 Å². The van der Waals surface area contributed by atoms with E-state index in [9.17, 15) is 14.4 Å². The predicted octanol–water partition coefficient (Wildman–Crippen LogP) is 1.62. The summed E-state index contributed by atoms with van der Waals surface area (Å²) in [5, 5.41) is 0. The molecule has 2 heterocycles. The summed E-state index contributed by atoms with van der Waals surface area (Å²) in [7, 11) is 0. The fourth-order valence-electron chi connectivity index (χ4n) is 3.76. The Labute approximate surface area is 154 Å². The highest BCUT2D eigenvalue weighted by molar-refractivity contribution is 5.94. The van der Waals surface area contributed by atoms with Gasteiger partial charge in [-0.05, 0) is 32.4 Å². The maximum atomic E-state index is 12.9. The van der Waals surface area contributed by atoms with Gasteiger partial charge < -0.3 is 14.7 Å². The van der Waals surface area contributed by atoms with Gasteiger partial charge in [-0.15, -0.1) is 0 Å². The van der Waals surface area contributed by atoms with Crippen molar-refractivity contribution in [2.24, 2.45) is 5.92 Å². The molecule has 2 aliphatic heterocycles. The smallest absolute Gasteiger partial charge is 0.253 e. The van der Waals surface area contributed by atoms with E-state index in [1.807, 2.05) is 54.0 Å². The minimum atomic E-state index is -0.249. The molecule has 6 nitrogen and oxygen atoms in total. The molecule has 1 aromatic carbocycles. The van der Waals surface area contributed by atoms with Gasteiger partial charge in [0, 0.05) is 50.7 Å². The van der Waals surface area contributed by atoms with Gasteiger partial charge in [0.15, 0.2) is 0 Å². The van der Waals surface area contributed by atoms with Crippen molar-refractivity contribution < 1.29 is 14.4 Å². The number of hydrogen-bond acceptors (Lipinski definition) is 3. The molecule has 3 rings (SSSR count). The lowest BCUT2D eigenvalue weighted by Crippen LogP contribution is -2.41. The van der Waals surface area contributed by atoms with Crippen molar-refractivity contribution in [3.8, 4) is 0 Å². The van der Waals surface area contributed by atoms with Gasteiger partial charge in [0.2, 0.25) is 11.8 Å². The van der Waals surface area contributed by atoms with Gasteiger partial charge in [-0.3, -0.25) is 14.4 Å². The number of likely N-dealkylation sites (tertiary alicyclic amines) is 1. The molecule has 1 aromatic rings. The van der Waals surface area contributed by atoms with Crippen molar-refractivity contribution in [2.45, 2.75) is 32.7 Å². The highest BCUT2D eigenvalue weighted by atomic mass is 16.2. The van der Waals surface area contributed by atoms with E-state index in [1.54, 1.807) is 4.90 Å². The number of amides is 3. The summed E-state index contributed by atoms with van der Waals surface area (Å²) in [6, 6.07) is 9.38. The van der Waals surface area contributed by atoms with Crippen molar-refractivity contribution in [1.29, 1.82) is 0 Å². The molecular formula is C20H27N3O3. The Morgan fingerprint density at radius 3 is 2.31 bits per heavy atom. The summed E-state index contributed by atoms with van der Waals surface area (Å²) in [6.45, 7) is 6.83. The van der Waals surface area contributed by atoms with Gasteiger partial charge in [0.1, 0.15) is 0 Å². The minimum Gasteiger partial charge on any atom is -0.341 e. The van der Waals surface area contributed by atoms with Crippen LogP contribution in [0.3, 0.4) is 0 Å². The van der Waals surface area contributed by atoms with Gasteiger partial charge in [-0.25, -0.2) is 0 Å². The largest absolute Gasteiger partial charge is 0.341 e. The monoisotopic (exact) mass is 357 g/mol. The second kappa shape index (κ2) is 7.89. The van der Waals surface area contributed by atoms with E-state index in [4.69, 9.17) is 0 Å². The van der Waals surface area contributed by atoms with Crippen LogP contribution in [0, 0.1) is 5.92 Å². The average Bonchev–Trinajstić information content (AvgIpc) is 2.88. The van der Waals surface area contributed by atoms with Crippen LogP contribution in [-0.2, 0) is 9.59 Å². The molecule has 0 aromatic heterocycles. The first kappa shape index (κ1) is 18.4. The Morgan fingerprint density at radius 1 is 1.00 bits per heavy atom. The average molecular weight is 357 g/mol. The summed E-state index contributed by atoms with van der Waals surface area (Å²) in [4.78, 5) is 43.0. The molecule has 0 aliphatic carbocycles. The molecule has 2 fully saturated rings. The predicted molar refractivity (Wildman–Crippen MR) is 98.5 cm³/mol. The highest BCUT2D eigenvalue weighted by Gasteiger charge is 2.37. The maximum absolute atomic E-state index is 12.9. The Balaban J connectivity index is 1.59. The first-order valence-corrected chi connectivity index (χ1v) is 9.40. The van der Waals surface area contributed by atoms with Crippen LogP contribution < -0.4 is 0 Å². The van der Waals surface area contributed by atoms with Crippen LogP contribution in [0.5, 0.6) is 0 Å². The number of rotatable bonds is 3. The molecule has 0 radical (unpaired) electrons. The molecule has 0 spiro atoms. The first-order valence-electron chi connectivity index (χ1n) is 9.40. The van der Waals surface area contributed by atoms with E-state index in [0.717, 1.165) is 6.42 Å². The molecule has 26 heavy (non-hydrogen) atoms. The number of carbonyl (C=O) groups is 3. The van der Waals surface area contributed by atoms with E-state index < -0.39 is 0 Å². The normalized spacial score (nSPS) is 21.3. The Bertz CT molecular complexity index is 674. The number of carbonyl (C=O) groups excluding carboxylic acids is 3. The molecule has 0 saturated carbocycles. The van der Waals surface area contributed by atoms with Gasteiger partial charge in [-0.2, -0.15) is 0 Å². The molecule has 3 amide bonds. The molecule has 0 bridgehead atoms. The zero-order valence-corrected chi connectivity index (χ0v) is 15.6. The lowest BCUT2D eigenvalue weighted by molar-refractivity contribution is -0.135. The first-order chi connectivity index (χ1) is 12.5. The third-order valence-corrected chi connectivity index (χ3v) is 5.25. The second-order valence-corrected chi connectivity index (χ2v) is 7.38. The van der Waals surface area contributed by atoms with Crippen LogP contribution in [-0.4, -0.2) is 71.2 Å². The number of nitrogens with zero attached hydrogens (tertiary/aromatic N) is 3. The fraction of sp³-hybridized carbons (Fsp3) is 0.550. The third kappa shape index (κ3) is 3.89. The summed E-state index contributed by atoms with van der Waals surface area (Å²) in [5.74, 6) is -0.118. The number of benzene rings is 1. The van der Waals surface area contributed by atoms with Crippen molar-refractivity contribution in [1.82, 2.24) is 14.7 Å². The van der Waals surface area contributed by atoms with E-state index >= 15 is 0 Å². The van der Waals surface area contributed by atoms with E-state index in [1.165, 1.54) is 0 Å². The van der Waals surface area contributed by atoms with E-state index in [-0.39, 0.29) is 29.7 Å². The van der Waals surface area contributed by atoms with Crippen molar-refractivity contribution in [3.05, 3.63) is 35.9 Å². The quantitative estimate of drug-likeness (QED) is 0.826. The van der Waals surface area contributed by atoms with Gasteiger partial charge in [0.05, 0.1) is 5.92 Å². The zero-order chi connectivity index (χ0) is 18.7. The Kier molecular flexibility index (Phi) is 5.59. The van der Waals surface area contributed by atoms with Crippen LogP contribution in [0.1, 0.15) is 37.0 Å². The summed E-state index contributed by atoms with van der Waals surface area (Å²) in [6.07, 6.45) is 1.07. The minimum absolute atomic E-state index is 0.0157. The van der Waals surface area contributed by atoms with Crippen LogP contribution in [0.25, 0.3) is 0 Å². The van der Waals surface area contributed by atoms with E-state index in [2.05, 4.69) is 0 Å². The molecule has 1 atom stereocenters. The molecule has 1 unspecified atom stereocenters. The molecule has 140 valence electrons. The van der Waals surface area contributed by atoms with Crippen LogP contribution in [0.15, 0.2) is 30.3 Å². The molecule has 0 N–H and O–H groups in total. The second-order valence-electron chi connectivity index (χ2n) is 7.38. The third-order valence-electron chi connectivity index (χ3n) is 5.25. The van der Waals surface area contributed by atoms with Crippen LogP contribution in [0.4, 0.5) is 0 Å². The summed E-state index contributed by atoms with van der Waals surface area (Å²) < 4.78 is 0. The zero-order valence-electron chi connectivity index (χ0n) is 15.6. The lowest BCUT2D eigenvalue weighted by Gasteiger charge is -2.25. The van der Waals surface area contributed by atoms with Crippen LogP contribution >= 0.6 is 0 Å². The van der Waals surface area contributed by atoms with Crippen molar-refractivity contribution in [3.63, 3.8) is 0 Å². The lowest BCUT2D eigenvalue weighted by atomic mass is 10.1. The van der Waals surface area contributed by atoms with Gasteiger partial charge >= 0.3 is 0 Å². The standard InChI is InChI=1S/C20H27N3O3/c1-15(2)23-14-17(13-18(23)24)20(26)22-10-6-9-21(11-12-22)19(25)16-7-4-3-5-8-16/h3-5,7-8,15,17H,6,9-14H2,1-2H3. The molecule has 2 saturated heterocycles. The van der Waals surface area contributed by atoms with Gasteiger partial charge in [-0.1, -0.05) is 18.2 Å². The summed E-state index contributed by atoms with van der Waals surface area (Å²) >= 11 is 0. The van der Waals surface area contributed by atoms with E-state index in [0.29, 0.717) is 44.7 Å². The van der Waals surface area contributed by atoms with Crippen molar-refractivity contribution in [2.75, 3.05) is 32.7 Å². The SMILES string of the molecule is CC(C)N1CC(C(=O)N2CCCN(C(=O)c3ccccc3)CC2)CC1=O. The number of hydrogen-bond donors (Lipinski definition) is 0. The fourth-order valence-corrected chi connectivity index (χ4v) is 3.76. The molecule has 2 aliphatic rings. The molecule has 6 heteroatoms. The maximum Gasteiger partial charge on any atom is 0.253 e. The molecular weight excluding hydrogens is 330 g/mol. The summed E-state index contributed by atoms with van der Waals surface area (Å²) in [5.41, 5.74) is 0.682. The van der Waals surface area contributed by atoms with Crippen molar-refractivity contribution >= 4 is 17.7 Å². The Hall–Kier alpha value is -2.37. The topological polar surface area (TPSA) is 60.9 Å². The highest BCUT2D eigenvalue weighted by Crippen LogP contribution is 2.23. The Morgan fingerprint density at radius 2 is 1.65 bits per heavy atom.